The highest BCUT2D eigenvalue weighted by molar-refractivity contribution is 5.75. The molecule has 0 fully saturated rings. The topological polar surface area (TPSA) is 85.5 Å². The third-order valence-corrected chi connectivity index (χ3v) is 4.00. The zero-order chi connectivity index (χ0) is 20.5. The maximum absolute atomic E-state index is 13.4. The molecule has 0 saturated heterocycles. The lowest BCUT2D eigenvalue weighted by Gasteiger charge is -2.14. The van der Waals surface area contributed by atoms with E-state index >= 15 is 0 Å². The van der Waals surface area contributed by atoms with E-state index in [1.807, 2.05) is 0 Å². The summed E-state index contributed by atoms with van der Waals surface area (Å²) in [6, 6.07) is 11.0. The van der Waals surface area contributed by atoms with Crippen molar-refractivity contribution >= 4 is 5.69 Å². The number of benzene rings is 2. The maximum atomic E-state index is 13.4. The van der Waals surface area contributed by atoms with E-state index < -0.39 is 22.4 Å². The molecule has 0 atom stereocenters. The molecule has 0 bridgehead atoms. The SMILES string of the molecule is COc1ccccc1-c1cc(C(F)(F)F)cc(-c2cc([N+](=O)[O-])ccc2O)n1. The minimum absolute atomic E-state index is 0.0480. The molecule has 0 aliphatic carbocycles. The largest absolute Gasteiger partial charge is 0.507 e. The number of ether oxygens (including phenoxy) is 1. The molecule has 0 unspecified atom stereocenters. The number of aromatic nitrogens is 1. The molecule has 0 aliphatic rings. The van der Waals surface area contributed by atoms with Crippen LogP contribution in [-0.4, -0.2) is 22.1 Å². The van der Waals surface area contributed by atoms with Gasteiger partial charge in [0.05, 0.1) is 29.0 Å². The van der Waals surface area contributed by atoms with Crippen LogP contribution >= 0.6 is 0 Å². The van der Waals surface area contributed by atoms with Gasteiger partial charge in [0, 0.05) is 23.3 Å². The second-order valence-electron chi connectivity index (χ2n) is 5.78. The summed E-state index contributed by atoms with van der Waals surface area (Å²) in [4.78, 5) is 14.5. The monoisotopic (exact) mass is 390 g/mol. The van der Waals surface area contributed by atoms with E-state index in [9.17, 15) is 28.4 Å². The van der Waals surface area contributed by atoms with Crippen LogP contribution in [0.3, 0.4) is 0 Å². The maximum Gasteiger partial charge on any atom is 0.416 e. The minimum atomic E-state index is -4.69. The zero-order valence-corrected chi connectivity index (χ0v) is 14.4. The molecule has 0 aliphatic heterocycles. The highest BCUT2D eigenvalue weighted by atomic mass is 19.4. The first-order valence-corrected chi connectivity index (χ1v) is 7.91. The number of non-ortho nitro benzene ring substituents is 1. The van der Waals surface area contributed by atoms with Gasteiger partial charge in [-0.1, -0.05) is 12.1 Å². The van der Waals surface area contributed by atoms with Gasteiger partial charge in [-0.3, -0.25) is 10.1 Å². The van der Waals surface area contributed by atoms with Crippen LogP contribution in [0.2, 0.25) is 0 Å². The number of alkyl halides is 3. The van der Waals surface area contributed by atoms with Gasteiger partial charge in [0.2, 0.25) is 0 Å². The van der Waals surface area contributed by atoms with Gasteiger partial charge in [-0.05, 0) is 30.3 Å². The summed E-state index contributed by atoms with van der Waals surface area (Å²) in [7, 11) is 1.37. The Morgan fingerprint density at radius 1 is 1.04 bits per heavy atom. The molecule has 0 radical (unpaired) electrons. The molecular formula is C19H13F3N2O4. The van der Waals surface area contributed by atoms with Crippen molar-refractivity contribution in [3.8, 4) is 34.0 Å². The summed E-state index contributed by atoms with van der Waals surface area (Å²) in [5.74, 6) is -0.119. The fraction of sp³-hybridized carbons (Fsp3) is 0.105. The van der Waals surface area contributed by atoms with Crippen molar-refractivity contribution in [3.05, 3.63) is 70.3 Å². The number of hydrogen-bond donors (Lipinski definition) is 1. The summed E-state index contributed by atoms with van der Waals surface area (Å²) >= 11 is 0. The number of phenolic OH excluding ortho intramolecular Hbond substituents is 1. The number of halogens is 3. The Labute approximate surface area is 157 Å². The number of rotatable bonds is 4. The lowest BCUT2D eigenvalue weighted by molar-refractivity contribution is -0.384. The van der Waals surface area contributed by atoms with Crippen molar-refractivity contribution in [1.82, 2.24) is 4.98 Å². The van der Waals surface area contributed by atoms with Gasteiger partial charge in [-0.2, -0.15) is 13.2 Å². The Morgan fingerprint density at radius 3 is 2.29 bits per heavy atom. The molecule has 144 valence electrons. The average Bonchev–Trinajstić information content (AvgIpc) is 2.67. The number of methoxy groups -OCH3 is 1. The third kappa shape index (κ3) is 3.73. The van der Waals surface area contributed by atoms with Gasteiger partial charge in [-0.25, -0.2) is 4.98 Å². The van der Waals surface area contributed by atoms with Crippen LogP contribution in [-0.2, 0) is 6.18 Å². The van der Waals surface area contributed by atoms with Crippen LogP contribution in [0, 0.1) is 10.1 Å². The normalized spacial score (nSPS) is 11.3. The van der Waals surface area contributed by atoms with Crippen molar-refractivity contribution in [2.75, 3.05) is 7.11 Å². The predicted molar refractivity (Wildman–Crippen MR) is 95.0 cm³/mol. The van der Waals surface area contributed by atoms with Crippen molar-refractivity contribution < 1.29 is 27.9 Å². The van der Waals surface area contributed by atoms with Crippen molar-refractivity contribution in [3.63, 3.8) is 0 Å². The van der Waals surface area contributed by atoms with Crippen LogP contribution < -0.4 is 4.74 Å². The Balaban J connectivity index is 2.29. The third-order valence-electron chi connectivity index (χ3n) is 4.00. The molecule has 0 saturated carbocycles. The molecule has 1 aromatic heterocycles. The number of nitrogens with zero attached hydrogens (tertiary/aromatic N) is 2. The first kappa shape index (κ1) is 19.2. The van der Waals surface area contributed by atoms with Crippen LogP contribution in [0.1, 0.15) is 5.56 Å². The van der Waals surface area contributed by atoms with E-state index in [0.717, 1.165) is 30.3 Å². The molecule has 9 heteroatoms. The Hall–Kier alpha value is -3.62. The van der Waals surface area contributed by atoms with Crippen molar-refractivity contribution in [2.45, 2.75) is 6.18 Å². The molecule has 1 N–H and O–H groups in total. The molecule has 28 heavy (non-hydrogen) atoms. The highest BCUT2D eigenvalue weighted by Gasteiger charge is 2.32. The fourth-order valence-corrected chi connectivity index (χ4v) is 2.67. The summed E-state index contributed by atoms with van der Waals surface area (Å²) in [5.41, 5.74) is -1.57. The van der Waals surface area contributed by atoms with Gasteiger partial charge in [0.25, 0.3) is 5.69 Å². The fourth-order valence-electron chi connectivity index (χ4n) is 2.67. The first-order valence-electron chi connectivity index (χ1n) is 7.91. The predicted octanol–water partition coefficient (Wildman–Crippen LogP) is 5.06. The van der Waals surface area contributed by atoms with Crippen LogP contribution in [0.25, 0.3) is 22.5 Å². The molecule has 0 amide bonds. The summed E-state index contributed by atoms with van der Waals surface area (Å²) in [6.45, 7) is 0. The van der Waals surface area contributed by atoms with Crippen LogP contribution in [0.4, 0.5) is 18.9 Å². The number of phenols is 1. The minimum Gasteiger partial charge on any atom is -0.507 e. The van der Waals surface area contributed by atoms with Gasteiger partial charge in [0.1, 0.15) is 11.5 Å². The van der Waals surface area contributed by atoms with Gasteiger partial charge >= 0.3 is 6.18 Å². The summed E-state index contributed by atoms with van der Waals surface area (Å²) < 4.78 is 45.5. The Bertz CT molecular complexity index is 1050. The molecule has 3 rings (SSSR count). The second kappa shape index (κ2) is 7.18. The van der Waals surface area contributed by atoms with E-state index in [-0.39, 0.29) is 22.6 Å². The van der Waals surface area contributed by atoms with Crippen LogP contribution in [0.5, 0.6) is 11.5 Å². The van der Waals surface area contributed by atoms with E-state index in [1.54, 1.807) is 24.3 Å². The number of hydrogen-bond acceptors (Lipinski definition) is 5. The van der Waals surface area contributed by atoms with Crippen molar-refractivity contribution in [2.24, 2.45) is 0 Å². The lowest BCUT2D eigenvalue weighted by Crippen LogP contribution is -2.07. The van der Waals surface area contributed by atoms with E-state index in [2.05, 4.69) is 4.98 Å². The van der Waals surface area contributed by atoms with Crippen LogP contribution in [0.15, 0.2) is 54.6 Å². The van der Waals surface area contributed by atoms with E-state index in [0.29, 0.717) is 11.3 Å². The van der Waals surface area contributed by atoms with Crippen molar-refractivity contribution in [1.29, 1.82) is 0 Å². The number of para-hydroxylation sites is 1. The standard InChI is InChI=1S/C19H13F3N2O4/c1-28-18-5-3-2-4-13(18)15-8-11(19(20,21)22)9-16(23-15)14-10-12(24(26)27)6-7-17(14)25/h2-10,25H,1H3. The quantitative estimate of drug-likeness (QED) is 0.497. The molecule has 6 nitrogen and oxygen atoms in total. The van der Waals surface area contributed by atoms with E-state index in [1.165, 1.54) is 7.11 Å². The Morgan fingerprint density at radius 2 is 1.68 bits per heavy atom. The summed E-state index contributed by atoms with van der Waals surface area (Å²) in [5, 5.41) is 21.1. The molecule has 3 aromatic rings. The average molecular weight is 390 g/mol. The Kier molecular flexibility index (Phi) is 4.91. The number of nitro groups is 1. The lowest BCUT2D eigenvalue weighted by atomic mass is 10.0. The number of aromatic hydroxyl groups is 1. The van der Waals surface area contributed by atoms with E-state index in [4.69, 9.17) is 4.74 Å². The zero-order valence-electron chi connectivity index (χ0n) is 14.4. The molecule has 1 heterocycles. The molecule has 2 aromatic carbocycles. The van der Waals surface area contributed by atoms with Gasteiger partial charge in [-0.15, -0.1) is 0 Å². The first-order chi connectivity index (χ1) is 13.2. The summed E-state index contributed by atoms with van der Waals surface area (Å²) in [6.07, 6.45) is -4.69. The highest BCUT2D eigenvalue weighted by Crippen LogP contribution is 2.39. The van der Waals surface area contributed by atoms with Gasteiger partial charge < -0.3 is 9.84 Å². The molecular weight excluding hydrogens is 377 g/mol. The second-order valence-corrected chi connectivity index (χ2v) is 5.78. The number of nitro benzene ring substituents is 1. The van der Waals surface area contributed by atoms with Gasteiger partial charge in [0.15, 0.2) is 0 Å². The number of pyridine rings is 1. The smallest absolute Gasteiger partial charge is 0.416 e. The molecule has 0 spiro atoms.